The largest absolute Gasteiger partial charge is 0.497 e. The van der Waals surface area contributed by atoms with Crippen LogP contribution < -0.4 is 10.1 Å². The molecule has 0 heterocycles. The van der Waals surface area contributed by atoms with Crippen molar-refractivity contribution in [3.63, 3.8) is 0 Å². The third kappa shape index (κ3) is 4.90. The van der Waals surface area contributed by atoms with Gasteiger partial charge in [0.25, 0.3) is 0 Å². The van der Waals surface area contributed by atoms with E-state index in [0.29, 0.717) is 6.54 Å². The quantitative estimate of drug-likeness (QED) is 0.762. The number of benzene rings is 2. The van der Waals surface area contributed by atoms with Gasteiger partial charge in [0.1, 0.15) is 5.75 Å². The van der Waals surface area contributed by atoms with Gasteiger partial charge >= 0.3 is 0 Å². The molecule has 0 bridgehead atoms. The highest BCUT2D eigenvalue weighted by Gasteiger charge is 2.03. The summed E-state index contributed by atoms with van der Waals surface area (Å²) in [6.45, 7) is 2.34. The number of hydrogen-bond donors (Lipinski definition) is 1. The van der Waals surface area contributed by atoms with E-state index in [1.807, 2.05) is 24.3 Å². The molecule has 0 aliphatic carbocycles. The lowest BCUT2D eigenvalue weighted by Gasteiger charge is -2.17. The number of carbonyl (C=O) groups excluding carboxylic acids is 1. The second-order valence-corrected chi connectivity index (χ2v) is 5.34. The Kier molecular flexibility index (Phi) is 5.98. The summed E-state index contributed by atoms with van der Waals surface area (Å²) in [4.78, 5) is 12.5. The van der Waals surface area contributed by atoms with Gasteiger partial charge in [0.2, 0.25) is 6.41 Å². The van der Waals surface area contributed by atoms with E-state index in [9.17, 15) is 4.79 Å². The van der Waals surface area contributed by atoms with Crippen molar-refractivity contribution in [2.24, 2.45) is 0 Å². The molecule has 0 atom stereocenters. The molecule has 4 heteroatoms. The summed E-state index contributed by atoms with van der Waals surface area (Å²) in [7, 11) is 3.78. The predicted octanol–water partition coefficient (Wildman–Crippen LogP) is 2.57. The number of nitrogens with zero attached hydrogens (tertiary/aromatic N) is 1. The van der Waals surface area contributed by atoms with E-state index in [1.165, 1.54) is 11.1 Å². The summed E-state index contributed by atoms with van der Waals surface area (Å²) < 4.78 is 5.17. The number of nitrogens with one attached hydrogen (secondary N) is 1. The van der Waals surface area contributed by atoms with E-state index in [2.05, 4.69) is 41.5 Å². The molecule has 1 N–H and O–H groups in total. The summed E-state index contributed by atoms with van der Waals surface area (Å²) in [6.07, 6.45) is 0.719. The molecule has 0 saturated carbocycles. The molecule has 0 aliphatic heterocycles. The van der Waals surface area contributed by atoms with Crippen LogP contribution in [-0.2, 0) is 24.4 Å². The van der Waals surface area contributed by atoms with Crippen LogP contribution >= 0.6 is 0 Å². The predicted molar refractivity (Wildman–Crippen MR) is 87.5 cm³/mol. The molecular weight excluding hydrogens is 276 g/mol. The zero-order valence-electron chi connectivity index (χ0n) is 13.1. The van der Waals surface area contributed by atoms with Crippen molar-refractivity contribution >= 4 is 6.41 Å². The van der Waals surface area contributed by atoms with Gasteiger partial charge in [0.05, 0.1) is 7.11 Å². The van der Waals surface area contributed by atoms with Gasteiger partial charge in [-0.2, -0.15) is 0 Å². The van der Waals surface area contributed by atoms with E-state index < -0.39 is 0 Å². The summed E-state index contributed by atoms with van der Waals surface area (Å²) in [5.74, 6) is 0.880. The van der Waals surface area contributed by atoms with Gasteiger partial charge in [-0.3, -0.25) is 9.69 Å². The van der Waals surface area contributed by atoms with Crippen molar-refractivity contribution in [1.82, 2.24) is 10.2 Å². The standard InChI is InChI=1S/C18H22N2O2/c1-20(13-17-7-9-18(22-2)10-8-17)12-16-5-3-15(4-6-16)11-19-14-21/h3-10,14H,11-13H2,1-2H3,(H,19,21). The number of carbonyl (C=O) groups is 1. The molecule has 0 aromatic heterocycles. The van der Waals surface area contributed by atoms with Crippen molar-refractivity contribution in [3.05, 3.63) is 65.2 Å². The first-order valence-electron chi connectivity index (χ1n) is 7.27. The van der Waals surface area contributed by atoms with E-state index in [1.54, 1.807) is 7.11 Å². The average molecular weight is 298 g/mol. The first-order chi connectivity index (χ1) is 10.7. The molecule has 1 amide bonds. The third-order valence-electron chi connectivity index (χ3n) is 3.48. The molecule has 0 aliphatic rings. The molecule has 2 aromatic rings. The lowest BCUT2D eigenvalue weighted by atomic mass is 10.1. The Bertz CT molecular complexity index is 579. The highest BCUT2D eigenvalue weighted by Crippen LogP contribution is 2.14. The van der Waals surface area contributed by atoms with Gasteiger partial charge in [-0.05, 0) is 35.9 Å². The Hall–Kier alpha value is -2.33. The maximum atomic E-state index is 10.3. The fourth-order valence-electron chi connectivity index (χ4n) is 2.33. The van der Waals surface area contributed by atoms with Crippen LogP contribution in [0.4, 0.5) is 0 Å². The molecule has 2 rings (SSSR count). The number of ether oxygens (including phenoxy) is 1. The van der Waals surface area contributed by atoms with Crippen molar-refractivity contribution in [1.29, 1.82) is 0 Å². The van der Waals surface area contributed by atoms with Crippen LogP contribution in [0.5, 0.6) is 5.75 Å². The topological polar surface area (TPSA) is 41.6 Å². The molecule has 22 heavy (non-hydrogen) atoms. The monoisotopic (exact) mass is 298 g/mol. The molecule has 0 radical (unpaired) electrons. The van der Waals surface area contributed by atoms with Crippen molar-refractivity contribution in [2.75, 3.05) is 14.2 Å². The maximum absolute atomic E-state index is 10.3. The van der Waals surface area contributed by atoms with Crippen molar-refractivity contribution in [3.8, 4) is 5.75 Å². The molecule has 4 nitrogen and oxygen atoms in total. The lowest BCUT2D eigenvalue weighted by molar-refractivity contribution is -0.109. The van der Waals surface area contributed by atoms with E-state index in [4.69, 9.17) is 4.74 Å². The minimum Gasteiger partial charge on any atom is -0.497 e. The first-order valence-corrected chi connectivity index (χ1v) is 7.27. The molecule has 2 aromatic carbocycles. The Labute approximate surface area is 131 Å². The van der Waals surface area contributed by atoms with Crippen molar-refractivity contribution in [2.45, 2.75) is 19.6 Å². The van der Waals surface area contributed by atoms with Crippen LogP contribution in [0.3, 0.4) is 0 Å². The van der Waals surface area contributed by atoms with Crippen LogP contribution in [0.25, 0.3) is 0 Å². The van der Waals surface area contributed by atoms with Crippen LogP contribution in [-0.4, -0.2) is 25.5 Å². The van der Waals surface area contributed by atoms with Gasteiger partial charge < -0.3 is 10.1 Å². The lowest BCUT2D eigenvalue weighted by Crippen LogP contribution is -2.17. The second-order valence-electron chi connectivity index (χ2n) is 5.34. The fourth-order valence-corrected chi connectivity index (χ4v) is 2.33. The van der Waals surface area contributed by atoms with Gasteiger partial charge in [-0.1, -0.05) is 36.4 Å². The smallest absolute Gasteiger partial charge is 0.207 e. The first kappa shape index (κ1) is 16.0. The van der Waals surface area contributed by atoms with Gasteiger partial charge in [0.15, 0.2) is 0 Å². The molecular formula is C18H22N2O2. The summed E-state index contributed by atoms with van der Waals surface area (Å²) in [6, 6.07) is 16.4. The van der Waals surface area contributed by atoms with Crippen LogP contribution in [0.1, 0.15) is 16.7 Å². The van der Waals surface area contributed by atoms with Crippen LogP contribution in [0.2, 0.25) is 0 Å². The average Bonchev–Trinajstić information content (AvgIpc) is 2.55. The number of methoxy groups -OCH3 is 1. The zero-order chi connectivity index (χ0) is 15.8. The molecule has 0 spiro atoms. The van der Waals surface area contributed by atoms with E-state index >= 15 is 0 Å². The van der Waals surface area contributed by atoms with Crippen LogP contribution in [0, 0.1) is 0 Å². The Morgan fingerprint density at radius 2 is 1.45 bits per heavy atom. The SMILES string of the molecule is COc1ccc(CN(C)Cc2ccc(CNC=O)cc2)cc1. The minimum atomic E-state index is 0.575. The summed E-state index contributed by atoms with van der Waals surface area (Å²) >= 11 is 0. The fraction of sp³-hybridized carbons (Fsp3) is 0.278. The Balaban J connectivity index is 1.87. The Morgan fingerprint density at radius 3 is 1.95 bits per heavy atom. The van der Waals surface area contributed by atoms with Gasteiger partial charge in [-0.15, -0.1) is 0 Å². The number of rotatable bonds is 8. The number of amides is 1. The summed E-state index contributed by atoms with van der Waals surface area (Å²) in [5.41, 5.74) is 3.62. The highest BCUT2D eigenvalue weighted by molar-refractivity contribution is 5.46. The zero-order valence-corrected chi connectivity index (χ0v) is 13.1. The van der Waals surface area contributed by atoms with Crippen molar-refractivity contribution < 1.29 is 9.53 Å². The molecule has 0 saturated heterocycles. The summed E-state index contributed by atoms with van der Waals surface area (Å²) in [5, 5.41) is 2.67. The highest BCUT2D eigenvalue weighted by atomic mass is 16.5. The Morgan fingerprint density at radius 1 is 0.955 bits per heavy atom. The van der Waals surface area contributed by atoms with Gasteiger partial charge in [0, 0.05) is 19.6 Å². The van der Waals surface area contributed by atoms with E-state index in [-0.39, 0.29) is 0 Å². The number of hydrogen-bond acceptors (Lipinski definition) is 3. The molecule has 0 unspecified atom stereocenters. The third-order valence-corrected chi connectivity index (χ3v) is 3.48. The molecule has 116 valence electrons. The van der Waals surface area contributed by atoms with Crippen LogP contribution in [0.15, 0.2) is 48.5 Å². The maximum Gasteiger partial charge on any atom is 0.207 e. The molecule has 0 fully saturated rings. The normalized spacial score (nSPS) is 10.5. The second kappa shape index (κ2) is 8.20. The van der Waals surface area contributed by atoms with Gasteiger partial charge in [-0.25, -0.2) is 0 Å². The minimum absolute atomic E-state index is 0.575. The van der Waals surface area contributed by atoms with E-state index in [0.717, 1.165) is 30.8 Å².